The maximum atomic E-state index is 13.4. The zero-order chi connectivity index (χ0) is 10.3. The second kappa shape index (κ2) is 3.02. The summed E-state index contributed by atoms with van der Waals surface area (Å²) in [5, 5.41) is 4.08. The molecule has 0 unspecified atom stereocenters. The number of fused-ring (bicyclic) bond motifs is 1. The second-order valence-electron chi connectivity index (χ2n) is 3.49. The zero-order valence-corrected chi connectivity index (χ0v) is 8.06. The van der Waals surface area contributed by atoms with Crippen molar-refractivity contribution < 1.29 is 8.78 Å². The van der Waals surface area contributed by atoms with Gasteiger partial charge in [-0.15, -0.1) is 0 Å². The molecule has 1 aromatic rings. The molecule has 78 valence electrons. The first-order valence-electron chi connectivity index (χ1n) is 4.77. The summed E-state index contributed by atoms with van der Waals surface area (Å²) in [5.41, 5.74) is 6.50. The lowest BCUT2D eigenvalue weighted by Crippen LogP contribution is -2.12. The van der Waals surface area contributed by atoms with E-state index in [2.05, 4.69) is 5.10 Å². The van der Waals surface area contributed by atoms with Crippen LogP contribution < -0.4 is 5.73 Å². The zero-order valence-electron chi connectivity index (χ0n) is 8.06. The average molecular weight is 201 g/mol. The van der Waals surface area contributed by atoms with Gasteiger partial charge in [0.2, 0.25) is 0 Å². The number of hydrogen-bond acceptors (Lipinski definition) is 2. The topological polar surface area (TPSA) is 43.8 Å². The Morgan fingerprint density at radius 3 is 2.86 bits per heavy atom. The highest BCUT2D eigenvalue weighted by Crippen LogP contribution is 2.43. The molecule has 0 fully saturated rings. The maximum absolute atomic E-state index is 13.4. The fourth-order valence-electron chi connectivity index (χ4n) is 2.03. The third-order valence-electron chi connectivity index (χ3n) is 2.66. The summed E-state index contributed by atoms with van der Waals surface area (Å²) < 4.78 is 28.5. The van der Waals surface area contributed by atoms with Gasteiger partial charge in [0, 0.05) is 25.2 Å². The molecule has 0 aliphatic heterocycles. The second-order valence-corrected chi connectivity index (χ2v) is 3.49. The lowest BCUT2D eigenvalue weighted by Gasteiger charge is -2.08. The minimum absolute atomic E-state index is 0.0850. The molecule has 5 heteroatoms. The highest BCUT2D eigenvalue weighted by Gasteiger charge is 2.44. The average Bonchev–Trinajstić information content (AvgIpc) is 2.65. The van der Waals surface area contributed by atoms with Gasteiger partial charge in [-0.05, 0) is 13.3 Å². The molecule has 14 heavy (non-hydrogen) atoms. The van der Waals surface area contributed by atoms with Crippen molar-refractivity contribution in [1.82, 2.24) is 9.78 Å². The molecule has 0 bridgehead atoms. The smallest absolute Gasteiger partial charge is 0.277 e. The molecule has 2 N–H and O–H groups in total. The van der Waals surface area contributed by atoms with Crippen LogP contribution in [-0.4, -0.2) is 9.78 Å². The summed E-state index contributed by atoms with van der Waals surface area (Å²) in [6.45, 7) is 2.60. The van der Waals surface area contributed by atoms with Gasteiger partial charge in [-0.2, -0.15) is 5.10 Å². The summed E-state index contributed by atoms with van der Waals surface area (Å²) in [7, 11) is 0. The van der Waals surface area contributed by atoms with Gasteiger partial charge in [0.25, 0.3) is 5.92 Å². The van der Waals surface area contributed by atoms with Crippen molar-refractivity contribution in [2.24, 2.45) is 5.73 Å². The van der Waals surface area contributed by atoms with Crippen LogP contribution in [0.15, 0.2) is 0 Å². The van der Waals surface area contributed by atoms with Gasteiger partial charge in [0.05, 0.1) is 11.3 Å². The third-order valence-corrected chi connectivity index (χ3v) is 2.66. The van der Waals surface area contributed by atoms with Crippen LogP contribution in [0.25, 0.3) is 0 Å². The van der Waals surface area contributed by atoms with Gasteiger partial charge in [-0.3, -0.25) is 4.68 Å². The van der Waals surface area contributed by atoms with Crippen LogP contribution in [0, 0.1) is 0 Å². The number of nitrogens with two attached hydrogens (primary N) is 1. The fraction of sp³-hybridized carbons (Fsp3) is 0.667. The van der Waals surface area contributed by atoms with Crippen molar-refractivity contribution in [3.8, 4) is 0 Å². The number of hydrogen-bond donors (Lipinski definition) is 1. The molecule has 0 aromatic carbocycles. The Morgan fingerprint density at radius 2 is 2.29 bits per heavy atom. The lowest BCUT2D eigenvalue weighted by atomic mass is 10.1. The molecule has 0 amide bonds. The first-order valence-corrected chi connectivity index (χ1v) is 4.77. The molecule has 3 nitrogen and oxygen atoms in total. The quantitative estimate of drug-likeness (QED) is 0.786. The van der Waals surface area contributed by atoms with E-state index < -0.39 is 5.92 Å². The Balaban J connectivity index is 2.57. The Morgan fingerprint density at radius 1 is 1.57 bits per heavy atom. The minimum Gasteiger partial charge on any atom is -0.325 e. The number of aromatic nitrogens is 2. The van der Waals surface area contributed by atoms with E-state index in [-0.39, 0.29) is 18.5 Å². The molecule has 1 aliphatic rings. The van der Waals surface area contributed by atoms with E-state index in [0.29, 0.717) is 24.4 Å². The van der Waals surface area contributed by atoms with Crippen molar-refractivity contribution >= 4 is 0 Å². The van der Waals surface area contributed by atoms with Gasteiger partial charge in [0.15, 0.2) is 0 Å². The first kappa shape index (κ1) is 9.58. The molecule has 2 rings (SSSR count). The van der Waals surface area contributed by atoms with Crippen LogP contribution in [0.5, 0.6) is 0 Å². The molecule has 0 saturated carbocycles. The number of rotatable bonds is 2. The molecule has 0 spiro atoms. The van der Waals surface area contributed by atoms with Crippen molar-refractivity contribution in [3.63, 3.8) is 0 Å². The number of aryl methyl sites for hydroxylation is 1. The van der Waals surface area contributed by atoms with Crippen LogP contribution in [-0.2, 0) is 25.4 Å². The fourth-order valence-corrected chi connectivity index (χ4v) is 2.03. The van der Waals surface area contributed by atoms with Crippen LogP contribution in [0.4, 0.5) is 8.78 Å². The monoisotopic (exact) mass is 201 g/mol. The largest absolute Gasteiger partial charge is 0.325 e. The van der Waals surface area contributed by atoms with E-state index in [1.165, 1.54) is 0 Å². The van der Waals surface area contributed by atoms with E-state index in [4.69, 9.17) is 5.73 Å². The van der Waals surface area contributed by atoms with Gasteiger partial charge in [-0.25, -0.2) is 8.78 Å². The van der Waals surface area contributed by atoms with E-state index in [0.717, 1.165) is 0 Å². The van der Waals surface area contributed by atoms with Crippen molar-refractivity contribution in [2.75, 3.05) is 0 Å². The predicted molar refractivity (Wildman–Crippen MR) is 48.0 cm³/mol. The third kappa shape index (κ3) is 1.15. The minimum atomic E-state index is -2.72. The van der Waals surface area contributed by atoms with Gasteiger partial charge >= 0.3 is 0 Å². The first-order chi connectivity index (χ1) is 6.60. The highest BCUT2D eigenvalue weighted by atomic mass is 19.3. The molecule has 0 saturated heterocycles. The standard InChI is InChI=1S/C9H13F2N3/c1-2-14-7-3-4-9(10,11)8(7)6(5-12)13-14/h2-5,12H2,1H3. The molecular weight excluding hydrogens is 188 g/mol. The Hall–Kier alpha value is -0.970. The number of nitrogens with zero attached hydrogens (tertiary/aromatic N) is 2. The molecule has 0 radical (unpaired) electrons. The SMILES string of the molecule is CCn1nc(CN)c2c1CCC2(F)F. The van der Waals surface area contributed by atoms with Crippen molar-refractivity contribution in [1.29, 1.82) is 0 Å². The van der Waals surface area contributed by atoms with Crippen LogP contribution >= 0.6 is 0 Å². The summed E-state index contributed by atoms with van der Waals surface area (Å²) in [5.74, 6) is -2.72. The van der Waals surface area contributed by atoms with E-state index >= 15 is 0 Å². The Bertz CT molecular complexity index is 357. The maximum Gasteiger partial charge on any atom is 0.277 e. The van der Waals surface area contributed by atoms with E-state index in [1.807, 2.05) is 6.92 Å². The molecule has 1 aliphatic carbocycles. The molecular formula is C9H13F2N3. The Kier molecular flexibility index (Phi) is 2.06. The summed E-state index contributed by atoms with van der Waals surface area (Å²) in [6, 6.07) is 0. The predicted octanol–water partition coefficient (Wildman–Crippen LogP) is 1.40. The van der Waals surface area contributed by atoms with Gasteiger partial charge in [0.1, 0.15) is 0 Å². The summed E-state index contributed by atoms with van der Waals surface area (Å²) >= 11 is 0. The molecule has 0 atom stereocenters. The summed E-state index contributed by atoms with van der Waals surface area (Å²) in [6.07, 6.45) is 0.302. The number of halogens is 2. The van der Waals surface area contributed by atoms with Gasteiger partial charge in [-0.1, -0.05) is 0 Å². The van der Waals surface area contributed by atoms with Crippen molar-refractivity contribution in [2.45, 2.75) is 38.8 Å². The highest BCUT2D eigenvalue weighted by molar-refractivity contribution is 5.35. The molecule has 1 heterocycles. The van der Waals surface area contributed by atoms with Crippen LogP contribution in [0.2, 0.25) is 0 Å². The van der Waals surface area contributed by atoms with Crippen LogP contribution in [0.3, 0.4) is 0 Å². The van der Waals surface area contributed by atoms with E-state index in [1.54, 1.807) is 4.68 Å². The molecule has 1 aromatic heterocycles. The summed E-state index contributed by atoms with van der Waals surface area (Å²) in [4.78, 5) is 0. The Labute approximate surface area is 80.9 Å². The van der Waals surface area contributed by atoms with Crippen molar-refractivity contribution in [3.05, 3.63) is 17.0 Å². The van der Waals surface area contributed by atoms with Crippen LogP contribution in [0.1, 0.15) is 30.3 Å². The number of alkyl halides is 2. The van der Waals surface area contributed by atoms with Gasteiger partial charge < -0.3 is 5.73 Å². The normalized spacial score (nSPS) is 18.6. The lowest BCUT2D eigenvalue weighted by molar-refractivity contribution is -0.00284. The van der Waals surface area contributed by atoms with E-state index in [9.17, 15) is 8.78 Å².